The second-order valence-corrected chi connectivity index (χ2v) is 10.3. The minimum Gasteiger partial charge on any atom is -0.486 e. The lowest BCUT2D eigenvalue weighted by molar-refractivity contribution is -0.129. The van der Waals surface area contributed by atoms with Crippen molar-refractivity contribution in [2.24, 2.45) is 0 Å². The highest BCUT2D eigenvalue weighted by atomic mass is 32.1. The summed E-state index contributed by atoms with van der Waals surface area (Å²) in [7, 11) is 0. The largest absolute Gasteiger partial charge is 0.486 e. The molecular weight excluding hydrogens is 470 g/mol. The zero-order chi connectivity index (χ0) is 23.2. The number of hydrogen-bond acceptors (Lipinski definition) is 7. The standard InChI is InChI=1S/C25H21N3O4S2/c1-14(29)28-9-8-16-21(13-28)34-25(22(16)24-26-17-4-2-3-5-20(17)33-24)27-23(30)15-6-7-18-19(12-15)32-11-10-31-18/h2-7,12H,8-11,13H2,1H3,(H,27,30). The molecule has 9 heteroatoms. The maximum absolute atomic E-state index is 13.3. The molecule has 2 amide bonds. The summed E-state index contributed by atoms with van der Waals surface area (Å²) in [6.07, 6.45) is 0.733. The Labute approximate surface area is 203 Å². The summed E-state index contributed by atoms with van der Waals surface area (Å²) in [6.45, 7) is 3.77. The molecule has 2 aliphatic rings. The van der Waals surface area contributed by atoms with Crippen molar-refractivity contribution >= 4 is 49.7 Å². The summed E-state index contributed by atoms with van der Waals surface area (Å²) in [5.74, 6) is 1.06. The zero-order valence-electron chi connectivity index (χ0n) is 18.4. The number of thiazole rings is 1. The number of rotatable bonds is 3. The summed E-state index contributed by atoms with van der Waals surface area (Å²) < 4.78 is 12.3. The number of hydrogen-bond donors (Lipinski definition) is 1. The first kappa shape index (κ1) is 21.1. The number of thiophene rings is 1. The fourth-order valence-electron chi connectivity index (χ4n) is 4.33. The molecule has 7 nitrogen and oxygen atoms in total. The number of amides is 2. The highest BCUT2D eigenvalue weighted by molar-refractivity contribution is 7.23. The van der Waals surface area contributed by atoms with E-state index in [1.54, 1.807) is 36.5 Å². The van der Waals surface area contributed by atoms with Gasteiger partial charge in [-0.2, -0.15) is 0 Å². The third-order valence-corrected chi connectivity index (χ3v) is 8.23. The number of aromatic nitrogens is 1. The van der Waals surface area contributed by atoms with Crippen molar-refractivity contribution in [1.82, 2.24) is 9.88 Å². The quantitative estimate of drug-likeness (QED) is 0.439. The van der Waals surface area contributed by atoms with Gasteiger partial charge in [0.15, 0.2) is 11.5 Å². The minimum absolute atomic E-state index is 0.0578. The normalized spacial score (nSPS) is 14.7. The Kier molecular flexibility index (Phi) is 5.23. The van der Waals surface area contributed by atoms with Crippen LogP contribution in [0.25, 0.3) is 20.8 Å². The molecule has 4 heterocycles. The van der Waals surface area contributed by atoms with E-state index in [0.29, 0.717) is 43.4 Å². The summed E-state index contributed by atoms with van der Waals surface area (Å²) >= 11 is 3.14. The molecule has 172 valence electrons. The molecule has 0 aliphatic carbocycles. The lowest BCUT2D eigenvalue weighted by atomic mass is 10.0. The maximum atomic E-state index is 13.3. The lowest BCUT2D eigenvalue weighted by Crippen LogP contribution is -2.33. The molecule has 34 heavy (non-hydrogen) atoms. The van der Waals surface area contributed by atoms with Crippen molar-refractivity contribution in [3.05, 3.63) is 58.5 Å². The Morgan fingerprint density at radius 3 is 2.71 bits per heavy atom. The predicted molar refractivity (Wildman–Crippen MR) is 133 cm³/mol. The first-order chi connectivity index (χ1) is 16.6. The minimum atomic E-state index is -0.221. The first-order valence-electron chi connectivity index (χ1n) is 11.0. The summed E-state index contributed by atoms with van der Waals surface area (Å²) in [6, 6.07) is 13.3. The number of nitrogens with one attached hydrogen (secondary N) is 1. The summed E-state index contributed by atoms with van der Waals surface area (Å²) in [5.41, 5.74) is 3.57. The van der Waals surface area contributed by atoms with Gasteiger partial charge in [0.2, 0.25) is 5.91 Å². The molecule has 2 aromatic carbocycles. The van der Waals surface area contributed by atoms with Crippen molar-refractivity contribution in [3.63, 3.8) is 0 Å². The van der Waals surface area contributed by atoms with Crippen LogP contribution in [0.5, 0.6) is 11.5 Å². The van der Waals surface area contributed by atoms with Gasteiger partial charge in [0, 0.05) is 29.5 Å². The van der Waals surface area contributed by atoms with Crippen molar-refractivity contribution in [1.29, 1.82) is 0 Å². The van der Waals surface area contributed by atoms with Gasteiger partial charge < -0.3 is 19.7 Å². The molecule has 0 fully saturated rings. The van der Waals surface area contributed by atoms with Gasteiger partial charge in [0.05, 0.1) is 16.8 Å². The third kappa shape index (κ3) is 3.70. The van der Waals surface area contributed by atoms with Crippen molar-refractivity contribution in [2.75, 3.05) is 25.1 Å². The number of benzene rings is 2. The van der Waals surface area contributed by atoms with E-state index in [2.05, 4.69) is 11.4 Å². The average molecular weight is 492 g/mol. The van der Waals surface area contributed by atoms with Gasteiger partial charge >= 0.3 is 0 Å². The molecule has 2 aromatic heterocycles. The van der Waals surface area contributed by atoms with Crippen LogP contribution < -0.4 is 14.8 Å². The highest BCUT2D eigenvalue weighted by Gasteiger charge is 2.29. The zero-order valence-corrected chi connectivity index (χ0v) is 20.1. The Hall–Kier alpha value is -3.43. The fraction of sp³-hybridized carbons (Fsp3) is 0.240. The molecular formula is C25H21N3O4S2. The van der Waals surface area contributed by atoms with Crippen LogP contribution in [0.3, 0.4) is 0 Å². The van der Waals surface area contributed by atoms with Gasteiger partial charge in [-0.1, -0.05) is 12.1 Å². The Morgan fingerprint density at radius 1 is 1.06 bits per heavy atom. The van der Waals surface area contributed by atoms with Crippen LogP contribution in [0.2, 0.25) is 0 Å². The molecule has 0 radical (unpaired) electrons. The van der Waals surface area contributed by atoms with Crippen LogP contribution in [0.4, 0.5) is 5.00 Å². The topological polar surface area (TPSA) is 80.8 Å². The van der Waals surface area contributed by atoms with Crippen molar-refractivity contribution < 1.29 is 19.1 Å². The molecule has 0 atom stereocenters. The lowest BCUT2D eigenvalue weighted by Gasteiger charge is -2.26. The number of carbonyl (C=O) groups excluding carboxylic acids is 2. The third-order valence-electron chi connectivity index (χ3n) is 6.04. The van der Waals surface area contributed by atoms with E-state index in [9.17, 15) is 9.59 Å². The second kappa shape index (κ2) is 8.41. The van der Waals surface area contributed by atoms with E-state index >= 15 is 0 Å². The molecule has 0 bridgehead atoms. The molecule has 0 saturated carbocycles. The van der Waals surface area contributed by atoms with Crippen molar-refractivity contribution in [2.45, 2.75) is 19.9 Å². The number of ether oxygens (including phenoxy) is 2. The van der Waals surface area contributed by atoms with Crippen LogP contribution in [-0.2, 0) is 17.8 Å². The van der Waals surface area contributed by atoms with E-state index in [4.69, 9.17) is 14.5 Å². The van der Waals surface area contributed by atoms with Gasteiger partial charge in [-0.05, 0) is 42.3 Å². The second-order valence-electron chi connectivity index (χ2n) is 8.20. The van der Waals surface area contributed by atoms with Gasteiger partial charge in [-0.15, -0.1) is 22.7 Å². The Morgan fingerprint density at radius 2 is 1.88 bits per heavy atom. The molecule has 4 aromatic rings. The van der Waals surface area contributed by atoms with E-state index in [0.717, 1.165) is 37.1 Å². The molecule has 1 N–H and O–H groups in total. The van der Waals surface area contributed by atoms with Crippen LogP contribution in [-0.4, -0.2) is 41.5 Å². The van der Waals surface area contributed by atoms with Crippen LogP contribution >= 0.6 is 22.7 Å². The van der Waals surface area contributed by atoms with E-state index in [-0.39, 0.29) is 11.8 Å². The van der Waals surface area contributed by atoms with E-state index in [1.165, 1.54) is 16.9 Å². The number of nitrogens with zero attached hydrogens (tertiary/aromatic N) is 2. The monoisotopic (exact) mass is 491 g/mol. The van der Waals surface area contributed by atoms with Crippen LogP contribution in [0.15, 0.2) is 42.5 Å². The molecule has 0 spiro atoms. The maximum Gasteiger partial charge on any atom is 0.256 e. The number of para-hydroxylation sites is 1. The number of anilines is 1. The smallest absolute Gasteiger partial charge is 0.256 e. The van der Waals surface area contributed by atoms with Gasteiger partial charge in [0.25, 0.3) is 5.91 Å². The Bertz CT molecular complexity index is 1410. The highest BCUT2D eigenvalue weighted by Crippen LogP contribution is 2.46. The number of fused-ring (bicyclic) bond motifs is 3. The molecule has 0 saturated heterocycles. The van der Waals surface area contributed by atoms with Gasteiger partial charge in [0.1, 0.15) is 23.2 Å². The van der Waals surface area contributed by atoms with Crippen LogP contribution in [0, 0.1) is 0 Å². The molecule has 6 rings (SSSR count). The first-order valence-corrected chi connectivity index (χ1v) is 12.7. The molecule has 2 aliphatic heterocycles. The van der Waals surface area contributed by atoms with E-state index < -0.39 is 0 Å². The molecule has 0 unspecified atom stereocenters. The van der Waals surface area contributed by atoms with Crippen molar-refractivity contribution in [3.8, 4) is 22.1 Å². The van der Waals surface area contributed by atoms with Gasteiger partial charge in [-0.25, -0.2) is 4.98 Å². The average Bonchev–Trinajstić information content (AvgIpc) is 3.43. The van der Waals surface area contributed by atoms with E-state index in [1.807, 2.05) is 23.1 Å². The predicted octanol–water partition coefficient (Wildman–Crippen LogP) is 4.95. The number of carbonyl (C=O) groups is 2. The SMILES string of the molecule is CC(=O)N1CCc2c(sc(NC(=O)c3ccc4c(c3)OCCO4)c2-c2nc3ccccc3s2)C1. The summed E-state index contributed by atoms with van der Waals surface area (Å²) in [4.78, 5) is 33.1. The Balaban J connectivity index is 1.40. The summed E-state index contributed by atoms with van der Waals surface area (Å²) in [5, 5.41) is 4.76. The van der Waals surface area contributed by atoms with Crippen LogP contribution in [0.1, 0.15) is 27.7 Å². The van der Waals surface area contributed by atoms with Gasteiger partial charge in [-0.3, -0.25) is 9.59 Å². The fourth-order valence-corrected chi connectivity index (χ4v) is 6.69.